The van der Waals surface area contributed by atoms with E-state index in [0.29, 0.717) is 6.04 Å². The van der Waals surface area contributed by atoms with Gasteiger partial charge >= 0.3 is 5.97 Å². The fourth-order valence-corrected chi connectivity index (χ4v) is 4.26. The molecule has 6 heteroatoms. The summed E-state index contributed by atoms with van der Waals surface area (Å²) in [5, 5.41) is 13.9. The van der Waals surface area contributed by atoms with E-state index in [4.69, 9.17) is 4.74 Å². The summed E-state index contributed by atoms with van der Waals surface area (Å²) in [5.74, 6) is 0.0493. The van der Waals surface area contributed by atoms with Gasteiger partial charge in [-0.3, -0.25) is 9.58 Å². The van der Waals surface area contributed by atoms with E-state index in [-0.39, 0.29) is 11.8 Å². The molecule has 1 aromatic heterocycles. The Morgan fingerprint density at radius 3 is 2.81 bits per heavy atom. The van der Waals surface area contributed by atoms with Crippen molar-refractivity contribution in [2.24, 2.45) is 0 Å². The number of aryl methyl sites for hydroxylation is 2. The highest BCUT2D eigenvalue weighted by Crippen LogP contribution is 2.31. The fraction of sp³-hybridized carbons (Fsp3) is 0.524. The van der Waals surface area contributed by atoms with E-state index in [1.165, 1.54) is 0 Å². The number of likely N-dealkylation sites (tertiary alicyclic amines) is 1. The highest BCUT2D eigenvalue weighted by molar-refractivity contribution is 5.87. The van der Waals surface area contributed by atoms with Gasteiger partial charge in [-0.15, -0.1) is 0 Å². The monoisotopic (exact) mass is 369 g/mol. The number of aromatic carboxylic acids is 1. The van der Waals surface area contributed by atoms with Crippen molar-refractivity contribution in [3.63, 3.8) is 0 Å². The van der Waals surface area contributed by atoms with Crippen LogP contribution in [-0.4, -0.2) is 51.0 Å². The number of aromatic nitrogens is 2. The number of para-hydroxylation sites is 1. The standard InChI is InChI=1S/C21H27N3O3/c1-3-10-24-18-9-8-15(11-17(18)20(22-24)21(25)26)23-12-16(13-23)27-19-7-5-4-6-14(19)2/h4-7,15-16H,3,8-13H2,1-2H3,(H,25,26). The number of ether oxygens (including phenoxy) is 1. The second kappa shape index (κ2) is 7.35. The normalized spacial score (nSPS) is 20.1. The number of carboxylic acid groups (broad SMARTS) is 1. The van der Waals surface area contributed by atoms with Gasteiger partial charge in [0.05, 0.1) is 0 Å². The number of rotatable bonds is 6. The lowest BCUT2D eigenvalue weighted by molar-refractivity contribution is -0.0132. The van der Waals surface area contributed by atoms with Crippen molar-refractivity contribution in [1.29, 1.82) is 0 Å². The minimum Gasteiger partial charge on any atom is -0.487 e. The Hall–Kier alpha value is -2.34. The molecule has 2 heterocycles. The quantitative estimate of drug-likeness (QED) is 0.848. The van der Waals surface area contributed by atoms with E-state index in [0.717, 1.165) is 67.9 Å². The van der Waals surface area contributed by atoms with Gasteiger partial charge in [-0.25, -0.2) is 4.79 Å². The number of benzene rings is 1. The van der Waals surface area contributed by atoms with E-state index in [1.807, 2.05) is 22.9 Å². The van der Waals surface area contributed by atoms with E-state index in [9.17, 15) is 9.90 Å². The molecule has 2 aromatic rings. The third-order valence-corrected chi connectivity index (χ3v) is 5.74. The van der Waals surface area contributed by atoms with Gasteiger partial charge in [0.15, 0.2) is 5.69 Å². The van der Waals surface area contributed by atoms with Gasteiger partial charge in [-0.05, 0) is 44.2 Å². The number of carbonyl (C=O) groups is 1. The Kier molecular flexibility index (Phi) is 4.91. The number of fused-ring (bicyclic) bond motifs is 1. The van der Waals surface area contributed by atoms with E-state index in [1.54, 1.807) is 0 Å². The van der Waals surface area contributed by atoms with Gasteiger partial charge in [0.25, 0.3) is 0 Å². The van der Waals surface area contributed by atoms with Crippen molar-refractivity contribution in [2.75, 3.05) is 13.1 Å². The van der Waals surface area contributed by atoms with E-state index in [2.05, 4.69) is 29.9 Å². The van der Waals surface area contributed by atoms with E-state index < -0.39 is 5.97 Å². The van der Waals surface area contributed by atoms with Crippen LogP contribution in [-0.2, 0) is 19.4 Å². The molecule has 1 aromatic carbocycles. The van der Waals surface area contributed by atoms with Crippen molar-refractivity contribution in [3.05, 3.63) is 46.8 Å². The first-order chi connectivity index (χ1) is 13.1. The summed E-state index contributed by atoms with van der Waals surface area (Å²) < 4.78 is 8.03. The van der Waals surface area contributed by atoms with Crippen LogP contribution in [0.2, 0.25) is 0 Å². The minimum atomic E-state index is -0.911. The molecule has 1 saturated heterocycles. The average molecular weight is 369 g/mol. The number of hydrogen-bond donors (Lipinski definition) is 1. The van der Waals surface area contributed by atoms with Gasteiger partial charge in [0, 0.05) is 36.9 Å². The predicted molar refractivity (Wildman–Crippen MR) is 102 cm³/mol. The van der Waals surface area contributed by atoms with E-state index >= 15 is 0 Å². The van der Waals surface area contributed by atoms with Gasteiger partial charge in [0.1, 0.15) is 11.9 Å². The number of nitrogens with zero attached hydrogens (tertiary/aromatic N) is 3. The van der Waals surface area contributed by atoms with Crippen LogP contribution in [0.5, 0.6) is 5.75 Å². The predicted octanol–water partition coefficient (Wildman–Crippen LogP) is 2.92. The van der Waals surface area contributed by atoms with Crippen LogP contribution in [0.1, 0.15) is 47.1 Å². The lowest BCUT2D eigenvalue weighted by Gasteiger charge is -2.45. The van der Waals surface area contributed by atoms with Crippen LogP contribution in [0.15, 0.2) is 24.3 Å². The molecule has 0 saturated carbocycles. The minimum absolute atomic E-state index is 0.217. The summed E-state index contributed by atoms with van der Waals surface area (Å²) in [4.78, 5) is 14.1. The van der Waals surface area contributed by atoms with Gasteiger partial charge in [-0.2, -0.15) is 5.10 Å². The van der Waals surface area contributed by atoms with Crippen molar-refractivity contribution in [1.82, 2.24) is 14.7 Å². The van der Waals surface area contributed by atoms with Crippen LogP contribution in [0.25, 0.3) is 0 Å². The van der Waals surface area contributed by atoms with Gasteiger partial charge in [0.2, 0.25) is 0 Å². The SMILES string of the molecule is CCCn1nc(C(=O)O)c2c1CCC(N1CC(Oc3ccccc3C)C1)C2. The van der Waals surface area contributed by atoms with Crippen molar-refractivity contribution in [3.8, 4) is 5.75 Å². The molecule has 6 nitrogen and oxygen atoms in total. The third-order valence-electron chi connectivity index (χ3n) is 5.74. The summed E-state index contributed by atoms with van der Waals surface area (Å²) in [7, 11) is 0. The number of hydrogen-bond acceptors (Lipinski definition) is 4. The average Bonchev–Trinajstić information content (AvgIpc) is 2.98. The highest BCUT2D eigenvalue weighted by atomic mass is 16.5. The zero-order chi connectivity index (χ0) is 19.0. The summed E-state index contributed by atoms with van der Waals surface area (Å²) in [6.07, 6.45) is 3.91. The fourth-order valence-electron chi connectivity index (χ4n) is 4.26. The molecule has 1 atom stereocenters. The Balaban J connectivity index is 1.41. The zero-order valence-electron chi connectivity index (χ0n) is 16.0. The first-order valence-electron chi connectivity index (χ1n) is 9.85. The Bertz CT molecular complexity index is 839. The molecule has 0 spiro atoms. The number of carboxylic acids is 1. The molecule has 0 radical (unpaired) electrons. The third kappa shape index (κ3) is 3.46. The molecule has 0 bridgehead atoms. The molecule has 144 valence electrons. The summed E-state index contributed by atoms with van der Waals surface area (Å²) in [6, 6.07) is 8.49. The molecule has 27 heavy (non-hydrogen) atoms. The molecular weight excluding hydrogens is 342 g/mol. The second-order valence-electron chi connectivity index (χ2n) is 7.66. The Labute approximate surface area is 159 Å². The lowest BCUT2D eigenvalue weighted by Crippen LogP contribution is -2.59. The molecule has 4 rings (SSSR count). The highest BCUT2D eigenvalue weighted by Gasteiger charge is 2.38. The zero-order valence-corrected chi connectivity index (χ0v) is 16.0. The van der Waals surface area contributed by atoms with Crippen LogP contribution in [0, 0.1) is 6.92 Å². The first kappa shape index (κ1) is 18.0. The van der Waals surface area contributed by atoms with Crippen LogP contribution in [0.4, 0.5) is 0 Å². The molecule has 1 aliphatic carbocycles. The maximum absolute atomic E-state index is 11.6. The van der Waals surface area contributed by atoms with Crippen molar-refractivity contribution >= 4 is 5.97 Å². The van der Waals surface area contributed by atoms with Gasteiger partial charge < -0.3 is 9.84 Å². The Morgan fingerprint density at radius 2 is 2.11 bits per heavy atom. The van der Waals surface area contributed by atoms with Crippen molar-refractivity contribution in [2.45, 2.75) is 58.2 Å². The molecule has 2 aliphatic rings. The molecular formula is C21H27N3O3. The molecule has 1 N–H and O–H groups in total. The topological polar surface area (TPSA) is 67.6 Å². The largest absolute Gasteiger partial charge is 0.487 e. The summed E-state index contributed by atoms with van der Waals surface area (Å²) >= 11 is 0. The summed E-state index contributed by atoms with van der Waals surface area (Å²) in [5.41, 5.74) is 3.47. The van der Waals surface area contributed by atoms with Crippen LogP contribution in [0.3, 0.4) is 0 Å². The molecule has 1 aliphatic heterocycles. The maximum atomic E-state index is 11.6. The van der Waals surface area contributed by atoms with Crippen molar-refractivity contribution < 1.29 is 14.6 Å². The first-order valence-corrected chi connectivity index (χ1v) is 9.85. The smallest absolute Gasteiger partial charge is 0.356 e. The lowest BCUT2D eigenvalue weighted by atomic mass is 9.88. The molecule has 0 amide bonds. The molecule has 1 fully saturated rings. The van der Waals surface area contributed by atoms with Crippen LogP contribution >= 0.6 is 0 Å². The Morgan fingerprint density at radius 1 is 1.33 bits per heavy atom. The maximum Gasteiger partial charge on any atom is 0.356 e. The summed E-state index contributed by atoms with van der Waals surface area (Å²) in [6.45, 7) is 6.75. The second-order valence-corrected chi connectivity index (χ2v) is 7.66. The van der Waals surface area contributed by atoms with Gasteiger partial charge in [-0.1, -0.05) is 25.1 Å². The molecule has 1 unspecified atom stereocenters. The van der Waals surface area contributed by atoms with Crippen LogP contribution < -0.4 is 4.74 Å².